The van der Waals surface area contributed by atoms with E-state index in [4.69, 9.17) is 34.7 Å². The molecule has 1 aromatic rings. The van der Waals surface area contributed by atoms with Crippen molar-refractivity contribution in [3.05, 3.63) is 16.0 Å². The Kier molecular flexibility index (Phi) is 7.35. The standard InChI is InChI=1S/C18H30Cl2N6/c19-16-17(20)23-15(5-7-21)24-18(16)26-11-9-25(10-12-26)8-6-13-1-3-14(22)4-2-13/h13-14H,1-12,21-22H2. The van der Waals surface area contributed by atoms with Crippen LogP contribution in [-0.4, -0.2) is 60.2 Å². The quantitative estimate of drug-likeness (QED) is 0.712. The Bertz CT molecular complexity index is 583. The number of piperazine rings is 1. The third-order valence-electron chi connectivity index (χ3n) is 5.62. The van der Waals surface area contributed by atoms with Crippen LogP contribution in [-0.2, 0) is 6.42 Å². The van der Waals surface area contributed by atoms with E-state index in [1.807, 2.05) is 0 Å². The highest BCUT2D eigenvalue weighted by atomic mass is 35.5. The molecule has 1 aliphatic heterocycles. The average molecular weight is 401 g/mol. The molecule has 3 rings (SSSR count). The molecule has 0 unspecified atom stereocenters. The number of halogens is 2. The molecular weight excluding hydrogens is 371 g/mol. The third-order valence-corrected chi connectivity index (χ3v) is 6.34. The molecule has 2 fully saturated rings. The highest BCUT2D eigenvalue weighted by molar-refractivity contribution is 6.42. The molecule has 146 valence electrons. The number of rotatable bonds is 6. The largest absolute Gasteiger partial charge is 0.353 e. The third kappa shape index (κ3) is 5.20. The van der Waals surface area contributed by atoms with E-state index in [2.05, 4.69) is 19.8 Å². The summed E-state index contributed by atoms with van der Waals surface area (Å²) in [5.74, 6) is 2.26. The summed E-state index contributed by atoms with van der Waals surface area (Å²) in [6, 6.07) is 0.434. The smallest absolute Gasteiger partial charge is 0.153 e. The molecule has 0 bridgehead atoms. The van der Waals surface area contributed by atoms with Crippen LogP contribution < -0.4 is 16.4 Å². The van der Waals surface area contributed by atoms with Crippen LogP contribution in [0.1, 0.15) is 37.9 Å². The number of nitrogens with zero attached hydrogens (tertiary/aromatic N) is 4. The van der Waals surface area contributed by atoms with Crippen LogP contribution in [0.3, 0.4) is 0 Å². The lowest BCUT2D eigenvalue weighted by atomic mass is 9.84. The van der Waals surface area contributed by atoms with Gasteiger partial charge in [-0.05, 0) is 51.1 Å². The molecule has 1 aromatic heterocycles. The van der Waals surface area contributed by atoms with Crippen molar-refractivity contribution in [3.63, 3.8) is 0 Å². The number of hydrogen-bond donors (Lipinski definition) is 2. The second kappa shape index (κ2) is 9.51. The van der Waals surface area contributed by atoms with Crippen molar-refractivity contribution in [1.29, 1.82) is 0 Å². The van der Waals surface area contributed by atoms with Gasteiger partial charge in [0.15, 0.2) is 11.0 Å². The van der Waals surface area contributed by atoms with Gasteiger partial charge in [0.2, 0.25) is 0 Å². The first-order chi connectivity index (χ1) is 12.6. The van der Waals surface area contributed by atoms with Gasteiger partial charge in [-0.3, -0.25) is 4.90 Å². The van der Waals surface area contributed by atoms with E-state index in [1.54, 1.807) is 0 Å². The van der Waals surface area contributed by atoms with E-state index < -0.39 is 0 Å². The minimum atomic E-state index is 0.318. The molecule has 26 heavy (non-hydrogen) atoms. The van der Waals surface area contributed by atoms with E-state index in [0.717, 1.165) is 37.9 Å². The maximum absolute atomic E-state index is 6.36. The summed E-state index contributed by atoms with van der Waals surface area (Å²) in [5, 5.41) is 0.762. The summed E-state index contributed by atoms with van der Waals surface area (Å²) >= 11 is 12.5. The van der Waals surface area contributed by atoms with Crippen LogP contribution in [0.25, 0.3) is 0 Å². The molecule has 2 aliphatic rings. The summed E-state index contributed by atoms with van der Waals surface area (Å²) in [7, 11) is 0. The normalized spacial score (nSPS) is 24.8. The first-order valence-electron chi connectivity index (χ1n) is 9.71. The summed E-state index contributed by atoms with van der Waals surface area (Å²) in [6.07, 6.45) is 6.86. The zero-order valence-corrected chi connectivity index (χ0v) is 16.9. The first-order valence-corrected chi connectivity index (χ1v) is 10.5. The lowest BCUT2D eigenvalue weighted by Gasteiger charge is -2.37. The van der Waals surface area contributed by atoms with Gasteiger partial charge >= 0.3 is 0 Å². The molecule has 6 nitrogen and oxygen atoms in total. The van der Waals surface area contributed by atoms with Crippen molar-refractivity contribution in [2.45, 2.75) is 44.6 Å². The maximum atomic E-state index is 6.36. The minimum Gasteiger partial charge on any atom is -0.353 e. The van der Waals surface area contributed by atoms with E-state index in [1.165, 1.54) is 38.6 Å². The van der Waals surface area contributed by atoms with Crippen molar-refractivity contribution in [2.24, 2.45) is 17.4 Å². The van der Waals surface area contributed by atoms with Crippen LogP contribution in [0.2, 0.25) is 10.2 Å². The van der Waals surface area contributed by atoms with Gasteiger partial charge < -0.3 is 16.4 Å². The van der Waals surface area contributed by atoms with Crippen LogP contribution >= 0.6 is 23.2 Å². The summed E-state index contributed by atoms with van der Waals surface area (Å²) in [5.41, 5.74) is 11.6. The Hall–Kier alpha value is -0.660. The topological polar surface area (TPSA) is 84.3 Å². The lowest BCUT2D eigenvalue weighted by Crippen LogP contribution is -2.47. The van der Waals surface area contributed by atoms with Gasteiger partial charge in [-0.2, -0.15) is 0 Å². The summed E-state index contributed by atoms with van der Waals surface area (Å²) < 4.78 is 0. The second-order valence-corrected chi connectivity index (χ2v) is 8.24. The van der Waals surface area contributed by atoms with Gasteiger partial charge in [0.05, 0.1) is 0 Å². The molecule has 0 aromatic carbocycles. The fourth-order valence-electron chi connectivity index (χ4n) is 3.93. The predicted molar refractivity (Wildman–Crippen MR) is 108 cm³/mol. The number of aromatic nitrogens is 2. The fourth-order valence-corrected chi connectivity index (χ4v) is 4.31. The Morgan fingerprint density at radius 3 is 2.35 bits per heavy atom. The Morgan fingerprint density at radius 1 is 1.00 bits per heavy atom. The van der Waals surface area contributed by atoms with Gasteiger partial charge in [-0.1, -0.05) is 23.2 Å². The van der Waals surface area contributed by atoms with Gasteiger partial charge in [-0.15, -0.1) is 0 Å². The van der Waals surface area contributed by atoms with Crippen LogP contribution in [0.15, 0.2) is 0 Å². The molecule has 0 spiro atoms. The molecular formula is C18H30Cl2N6. The van der Waals surface area contributed by atoms with Gasteiger partial charge in [0.25, 0.3) is 0 Å². The molecule has 0 amide bonds. The van der Waals surface area contributed by atoms with Crippen molar-refractivity contribution in [3.8, 4) is 0 Å². The Labute approximate surface area is 166 Å². The van der Waals surface area contributed by atoms with E-state index >= 15 is 0 Å². The van der Waals surface area contributed by atoms with Crippen LogP contribution in [0.5, 0.6) is 0 Å². The van der Waals surface area contributed by atoms with Crippen molar-refractivity contribution in [1.82, 2.24) is 14.9 Å². The molecule has 4 N–H and O–H groups in total. The number of anilines is 1. The summed E-state index contributed by atoms with van der Waals surface area (Å²) in [4.78, 5) is 13.6. The maximum Gasteiger partial charge on any atom is 0.153 e. The highest BCUT2D eigenvalue weighted by Gasteiger charge is 2.24. The predicted octanol–water partition coefficient (Wildman–Crippen LogP) is 2.31. The molecule has 0 radical (unpaired) electrons. The van der Waals surface area contributed by atoms with E-state index in [0.29, 0.717) is 35.0 Å². The zero-order chi connectivity index (χ0) is 18.5. The van der Waals surface area contributed by atoms with E-state index in [-0.39, 0.29) is 0 Å². The number of nitrogens with two attached hydrogens (primary N) is 2. The minimum absolute atomic E-state index is 0.318. The summed E-state index contributed by atoms with van der Waals surface area (Å²) in [6.45, 7) is 5.53. The van der Waals surface area contributed by atoms with Crippen LogP contribution in [0.4, 0.5) is 5.82 Å². The molecule has 0 atom stereocenters. The van der Waals surface area contributed by atoms with Crippen molar-refractivity contribution in [2.75, 3.05) is 44.2 Å². The molecule has 2 heterocycles. The SMILES string of the molecule is NCCc1nc(Cl)c(Cl)c(N2CCN(CCC3CCC(N)CC3)CC2)n1. The van der Waals surface area contributed by atoms with Gasteiger partial charge in [0, 0.05) is 38.6 Å². The monoisotopic (exact) mass is 400 g/mol. The van der Waals surface area contributed by atoms with Crippen molar-refractivity contribution < 1.29 is 0 Å². The fraction of sp³-hybridized carbons (Fsp3) is 0.778. The highest BCUT2D eigenvalue weighted by Crippen LogP contribution is 2.31. The zero-order valence-electron chi connectivity index (χ0n) is 15.3. The Morgan fingerprint density at radius 2 is 1.69 bits per heavy atom. The second-order valence-electron chi connectivity index (χ2n) is 7.51. The van der Waals surface area contributed by atoms with Crippen molar-refractivity contribution >= 4 is 29.0 Å². The van der Waals surface area contributed by atoms with Gasteiger partial charge in [0.1, 0.15) is 10.8 Å². The lowest BCUT2D eigenvalue weighted by molar-refractivity contribution is 0.216. The van der Waals surface area contributed by atoms with Gasteiger partial charge in [-0.25, -0.2) is 9.97 Å². The molecule has 1 saturated heterocycles. The number of hydrogen-bond acceptors (Lipinski definition) is 6. The molecule has 8 heteroatoms. The Balaban J connectivity index is 1.50. The molecule has 1 aliphatic carbocycles. The first kappa shape index (κ1) is 20.1. The average Bonchev–Trinajstić information content (AvgIpc) is 2.65. The molecule has 1 saturated carbocycles. The van der Waals surface area contributed by atoms with E-state index in [9.17, 15) is 0 Å². The van der Waals surface area contributed by atoms with Crippen LogP contribution in [0, 0.1) is 5.92 Å².